The fourth-order valence-corrected chi connectivity index (χ4v) is 7.70. The number of aromatic nitrogens is 2. The molecule has 5 heteroatoms. The molecule has 10 rings (SSSR count). The highest BCUT2D eigenvalue weighted by atomic mass is 15.3. The Bertz CT molecular complexity index is 2780. The van der Waals surface area contributed by atoms with Gasteiger partial charge in [0.1, 0.15) is 12.0 Å². The topological polar surface area (TPSA) is 46.6 Å². The summed E-state index contributed by atoms with van der Waals surface area (Å²) in [5.74, 6) is 1.47. The molecule has 0 radical (unpaired) electrons. The minimum atomic E-state index is -0.275. The smallest absolute Gasteiger partial charge is 0.234 e. The molecule has 8 aromatic rings. The highest BCUT2D eigenvalue weighted by molar-refractivity contribution is 6.17. The van der Waals surface area contributed by atoms with Crippen molar-refractivity contribution in [3.63, 3.8) is 0 Å². The van der Waals surface area contributed by atoms with Crippen molar-refractivity contribution in [3.8, 4) is 16.8 Å². The summed E-state index contributed by atoms with van der Waals surface area (Å²) >= 11 is 0. The molecular formula is C45H33N5. The number of hydrogen-bond donors (Lipinski definition) is 1. The Hall–Kier alpha value is -6.46. The van der Waals surface area contributed by atoms with Crippen molar-refractivity contribution in [1.82, 2.24) is 14.5 Å². The molecule has 1 unspecified atom stereocenters. The van der Waals surface area contributed by atoms with E-state index in [1.165, 1.54) is 49.1 Å². The lowest BCUT2D eigenvalue weighted by molar-refractivity contribution is 0.668. The lowest BCUT2D eigenvalue weighted by atomic mass is 10.0. The summed E-state index contributed by atoms with van der Waals surface area (Å²) < 4.78 is 4.64. The van der Waals surface area contributed by atoms with Crippen LogP contribution in [0.2, 0.25) is 0 Å². The second kappa shape index (κ2) is 11.6. The van der Waals surface area contributed by atoms with Gasteiger partial charge in [0.25, 0.3) is 0 Å². The van der Waals surface area contributed by atoms with E-state index in [1.807, 2.05) is 24.3 Å². The molecule has 1 atom stereocenters. The van der Waals surface area contributed by atoms with E-state index >= 15 is 0 Å². The molecule has 6 aromatic carbocycles. The number of nitrogens with zero attached hydrogens (tertiary/aromatic N) is 4. The summed E-state index contributed by atoms with van der Waals surface area (Å²) in [5, 5.41) is 9.89. The van der Waals surface area contributed by atoms with E-state index in [9.17, 15) is 0 Å². The van der Waals surface area contributed by atoms with Crippen LogP contribution in [0.1, 0.15) is 30.1 Å². The van der Waals surface area contributed by atoms with E-state index in [4.69, 9.17) is 9.98 Å². The molecule has 3 heterocycles. The molecule has 2 aliphatic rings. The summed E-state index contributed by atoms with van der Waals surface area (Å²) in [5.41, 5.74) is 9.03. The molecule has 5 nitrogen and oxygen atoms in total. The van der Waals surface area contributed by atoms with Crippen molar-refractivity contribution >= 4 is 56.7 Å². The molecular weight excluding hydrogens is 611 g/mol. The first-order chi connectivity index (χ1) is 24.8. The fourth-order valence-electron chi connectivity index (χ4n) is 7.70. The zero-order valence-corrected chi connectivity index (χ0v) is 27.4. The predicted octanol–water partition coefficient (Wildman–Crippen LogP) is 8.71. The van der Waals surface area contributed by atoms with Crippen LogP contribution in [0.25, 0.3) is 61.7 Å². The Morgan fingerprint density at radius 2 is 1.18 bits per heavy atom. The Kier molecular flexibility index (Phi) is 6.62. The van der Waals surface area contributed by atoms with E-state index in [-0.39, 0.29) is 6.17 Å². The predicted molar refractivity (Wildman–Crippen MR) is 207 cm³/mol. The summed E-state index contributed by atoms with van der Waals surface area (Å²) in [7, 11) is 0. The Morgan fingerprint density at radius 3 is 2.02 bits per heavy atom. The monoisotopic (exact) mass is 643 g/mol. The number of nitrogens with one attached hydrogen (secondary N) is 1. The van der Waals surface area contributed by atoms with Crippen molar-refractivity contribution in [2.45, 2.75) is 19.0 Å². The van der Waals surface area contributed by atoms with Crippen LogP contribution in [-0.4, -0.2) is 20.9 Å². The molecule has 0 fully saturated rings. The molecule has 2 aromatic heterocycles. The van der Waals surface area contributed by atoms with E-state index < -0.39 is 0 Å². The van der Waals surface area contributed by atoms with E-state index in [0.717, 1.165) is 40.8 Å². The van der Waals surface area contributed by atoms with Gasteiger partial charge < -0.3 is 9.88 Å². The van der Waals surface area contributed by atoms with Crippen molar-refractivity contribution in [2.24, 2.45) is 9.98 Å². The third-order valence-electron chi connectivity index (χ3n) is 10.0. The second-order valence-electron chi connectivity index (χ2n) is 13.0. The third-order valence-corrected chi connectivity index (χ3v) is 10.0. The second-order valence-corrected chi connectivity index (χ2v) is 13.0. The van der Waals surface area contributed by atoms with Gasteiger partial charge >= 0.3 is 0 Å². The van der Waals surface area contributed by atoms with E-state index in [1.54, 1.807) is 0 Å². The Balaban J connectivity index is 1.14. The lowest BCUT2D eigenvalue weighted by Gasteiger charge is -2.24. The van der Waals surface area contributed by atoms with Gasteiger partial charge in [-0.05, 0) is 65.9 Å². The Labute approximate surface area is 289 Å². The van der Waals surface area contributed by atoms with Crippen molar-refractivity contribution < 1.29 is 0 Å². The van der Waals surface area contributed by atoms with Gasteiger partial charge in [-0.25, -0.2) is 4.99 Å². The molecule has 238 valence electrons. The number of amidine groups is 1. The maximum absolute atomic E-state index is 5.22. The molecule has 0 saturated heterocycles. The first-order valence-electron chi connectivity index (χ1n) is 17.3. The maximum atomic E-state index is 5.22. The van der Waals surface area contributed by atoms with Gasteiger partial charge in [-0.1, -0.05) is 127 Å². The molecule has 0 saturated carbocycles. The zero-order valence-electron chi connectivity index (χ0n) is 27.4. The van der Waals surface area contributed by atoms with Gasteiger partial charge in [0.05, 0.1) is 16.6 Å². The summed E-state index contributed by atoms with van der Waals surface area (Å²) in [6.07, 6.45) is 6.66. The first-order valence-corrected chi connectivity index (χ1v) is 17.3. The summed E-state index contributed by atoms with van der Waals surface area (Å²) in [6.45, 7) is 0. The van der Waals surface area contributed by atoms with Crippen LogP contribution in [0.5, 0.6) is 0 Å². The van der Waals surface area contributed by atoms with Crippen LogP contribution in [0, 0.1) is 0 Å². The largest absolute Gasteiger partial charge is 0.344 e. The quantitative estimate of drug-likeness (QED) is 0.205. The molecule has 0 bridgehead atoms. The number of hydrogen-bond acceptors (Lipinski definition) is 3. The third kappa shape index (κ3) is 4.62. The van der Waals surface area contributed by atoms with Crippen LogP contribution < -0.4 is 15.9 Å². The SMILES string of the molecule is C1=c2c(n(-c3cccc(-c4ccc5c(c4)c4ccccc4n5C4=NC(c5ccccc5)NC(c5ccccc5)=N4)c3)c3ccccc23)=CCC1. The van der Waals surface area contributed by atoms with Gasteiger partial charge in [-0.3, -0.25) is 4.57 Å². The van der Waals surface area contributed by atoms with Gasteiger partial charge in [0.2, 0.25) is 5.96 Å². The van der Waals surface area contributed by atoms with Crippen LogP contribution in [0.15, 0.2) is 162 Å². The summed E-state index contributed by atoms with van der Waals surface area (Å²) in [4.78, 5) is 10.4. The number of fused-ring (bicyclic) bond motifs is 6. The molecule has 50 heavy (non-hydrogen) atoms. The Morgan fingerprint density at radius 1 is 0.520 bits per heavy atom. The van der Waals surface area contributed by atoms with Crippen LogP contribution in [-0.2, 0) is 0 Å². The van der Waals surface area contributed by atoms with E-state index in [2.05, 4.69) is 154 Å². The molecule has 1 aliphatic carbocycles. The molecule has 1 N–H and O–H groups in total. The number of benzene rings is 6. The number of rotatable bonds is 4. The fraction of sp³-hybridized carbons (Fsp3) is 0.0667. The highest BCUT2D eigenvalue weighted by Crippen LogP contribution is 2.34. The van der Waals surface area contributed by atoms with Crippen LogP contribution in [0.3, 0.4) is 0 Å². The van der Waals surface area contributed by atoms with E-state index in [0.29, 0.717) is 5.96 Å². The average molecular weight is 644 g/mol. The van der Waals surface area contributed by atoms with Crippen molar-refractivity contribution in [1.29, 1.82) is 0 Å². The number of para-hydroxylation sites is 2. The van der Waals surface area contributed by atoms with Gasteiger partial charge in [0, 0.05) is 38.0 Å². The lowest BCUT2D eigenvalue weighted by Crippen LogP contribution is -2.35. The first kappa shape index (κ1) is 28.5. The summed E-state index contributed by atoms with van der Waals surface area (Å²) in [6, 6.07) is 53.8. The minimum Gasteiger partial charge on any atom is -0.344 e. The van der Waals surface area contributed by atoms with Gasteiger partial charge in [-0.2, -0.15) is 4.99 Å². The average Bonchev–Trinajstić information content (AvgIpc) is 3.71. The molecule has 0 amide bonds. The zero-order chi connectivity index (χ0) is 33.0. The van der Waals surface area contributed by atoms with Crippen LogP contribution >= 0.6 is 0 Å². The van der Waals surface area contributed by atoms with Gasteiger partial charge in [-0.15, -0.1) is 0 Å². The standard InChI is InChI=1S/C45H33N5/c1-3-14-30(15-4-1)43-46-44(31-16-5-2-6-17-31)48-45(47-43)50-41-25-12-9-22-37(41)38-29-33(26-27-42(38)50)32-18-13-19-34(28-32)49-39-23-10-7-20-35(39)36-21-8-11-24-40(36)49/h1-7,9-10,12-29,43H,8,11H2,(H,46,47,48). The van der Waals surface area contributed by atoms with Crippen molar-refractivity contribution in [3.05, 3.63) is 173 Å². The normalized spacial score (nSPS) is 15.6. The molecule has 1 aliphatic heterocycles. The molecule has 0 spiro atoms. The maximum Gasteiger partial charge on any atom is 0.234 e. The van der Waals surface area contributed by atoms with Gasteiger partial charge in [0.15, 0.2) is 0 Å². The minimum absolute atomic E-state index is 0.275. The van der Waals surface area contributed by atoms with Crippen molar-refractivity contribution in [2.75, 3.05) is 0 Å². The van der Waals surface area contributed by atoms with Crippen LogP contribution in [0.4, 0.5) is 0 Å². The number of aliphatic imine (C=N–C) groups is 2. The highest BCUT2D eigenvalue weighted by Gasteiger charge is 2.24.